The van der Waals surface area contributed by atoms with Gasteiger partial charge < -0.3 is 15.2 Å². The van der Waals surface area contributed by atoms with Crippen LogP contribution in [-0.2, 0) is 4.74 Å². The van der Waals surface area contributed by atoms with Gasteiger partial charge in [0, 0.05) is 10.7 Å². The third-order valence-corrected chi connectivity index (χ3v) is 3.78. The van der Waals surface area contributed by atoms with Gasteiger partial charge in [-0.25, -0.2) is 4.99 Å². The number of nitrogens with one attached hydrogen (secondary N) is 1. The van der Waals surface area contributed by atoms with E-state index in [-0.39, 0.29) is 6.61 Å². The van der Waals surface area contributed by atoms with Gasteiger partial charge in [0.15, 0.2) is 0 Å². The van der Waals surface area contributed by atoms with Crippen LogP contribution in [0.15, 0.2) is 47.5 Å². The lowest BCUT2D eigenvalue weighted by atomic mass is 10.1. The van der Waals surface area contributed by atoms with E-state index < -0.39 is 6.10 Å². The molecule has 1 aliphatic rings. The fourth-order valence-corrected chi connectivity index (χ4v) is 2.47. The summed E-state index contributed by atoms with van der Waals surface area (Å²) in [6.45, 7) is 2.60. The Morgan fingerprint density at radius 3 is 2.82 bits per heavy atom. The highest BCUT2D eigenvalue weighted by atomic mass is 35.5. The highest BCUT2D eigenvalue weighted by Gasteiger charge is 2.17. The van der Waals surface area contributed by atoms with Crippen LogP contribution < -0.4 is 5.32 Å². The van der Waals surface area contributed by atoms with E-state index in [2.05, 4.69) is 10.3 Å². The van der Waals surface area contributed by atoms with Crippen LogP contribution in [0.4, 0.5) is 5.69 Å². The first-order valence-electron chi connectivity index (χ1n) is 7.09. The Bertz CT molecular complexity index is 698. The second kappa shape index (κ2) is 6.38. The van der Waals surface area contributed by atoms with Crippen molar-refractivity contribution in [3.8, 4) is 0 Å². The molecule has 22 heavy (non-hydrogen) atoms. The molecule has 5 heteroatoms. The van der Waals surface area contributed by atoms with Crippen LogP contribution in [0.3, 0.4) is 0 Å². The maximum atomic E-state index is 10.2. The quantitative estimate of drug-likeness (QED) is 0.911. The molecule has 1 aliphatic heterocycles. The SMILES string of the molecule is Cc1ccc([C@H](O)COC2=NCNc3cc(Cl)ccc32)cc1. The van der Waals surface area contributed by atoms with E-state index in [1.807, 2.05) is 43.3 Å². The van der Waals surface area contributed by atoms with Crippen LogP contribution in [0.2, 0.25) is 5.02 Å². The van der Waals surface area contributed by atoms with Gasteiger partial charge in [-0.15, -0.1) is 0 Å². The summed E-state index contributed by atoms with van der Waals surface area (Å²) in [5.41, 5.74) is 3.73. The molecule has 0 amide bonds. The second-order valence-electron chi connectivity index (χ2n) is 5.23. The van der Waals surface area contributed by atoms with Crippen LogP contribution in [0, 0.1) is 6.92 Å². The van der Waals surface area contributed by atoms with Crippen LogP contribution in [0.1, 0.15) is 22.8 Å². The van der Waals surface area contributed by atoms with E-state index >= 15 is 0 Å². The lowest BCUT2D eigenvalue weighted by Gasteiger charge is -2.20. The van der Waals surface area contributed by atoms with Gasteiger partial charge in [0.2, 0.25) is 5.90 Å². The van der Waals surface area contributed by atoms with E-state index in [0.29, 0.717) is 17.6 Å². The number of aliphatic hydroxyl groups excluding tert-OH is 1. The molecule has 0 spiro atoms. The van der Waals surface area contributed by atoms with Crippen molar-refractivity contribution in [3.63, 3.8) is 0 Å². The van der Waals surface area contributed by atoms with Gasteiger partial charge in [-0.2, -0.15) is 0 Å². The summed E-state index contributed by atoms with van der Waals surface area (Å²) in [5, 5.41) is 14.0. The molecule has 0 fully saturated rings. The standard InChI is InChI=1S/C17H17ClN2O2/c1-11-2-4-12(5-3-11)16(21)9-22-17-14-7-6-13(18)8-15(14)19-10-20-17/h2-8,16,19,21H,9-10H2,1H3/t16-/m1/s1. The Balaban J connectivity index is 1.69. The summed E-state index contributed by atoms with van der Waals surface area (Å²) >= 11 is 5.98. The number of benzene rings is 2. The second-order valence-corrected chi connectivity index (χ2v) is 5.66. The largest absolute Gasteiger partial charge is 0.474 e. The Morgan fingerprint density at radius 2 is 2.05 bits per heavy atom. The van der Waals surface area contributed by atoms with Crippen molar-refractivity contribution >= 4 is 23.2 Å². The van der Waals surface area contributed by atoms with Gasteiger partial charge in [-0.3, -0.25) is 0 Å². The van der Waals surface area contributed by atoms with Crippen molar-refractivity contribution in [2.45, 2.75) is 13.0 Å². The number of halogens is 1. The molecule has 0 bridgehead atoms. The third-order valence-electron chi connectivity index (χ3n) is 3.54. The van der Waals surface area contributed by atoms with Crippen molar-refractivity contribution in [2.75, 3.05) is 18.6 Å². The van der Waals surface area contributed by atoms with E-state index in [4.69, 9.17) is 16.3 Å². The molecule has 0 radical (unpaired) electrons. The molecular formula is C17H17ClN2O2. The molecule has 3 rings (SSSR count). The minimum absolute atomic E-state index is 0.157. The lowest BCUT2D eigenvalue weighted by molar-refractivity contribution is 0.102. The Morgan fingerprint density at radius 1 is 1.27 bits per heavy atom. The Kier molecular flexibility index (Phi) is 4.32. The maximum Gasteiger partial charge on any atom is 0.220 e. The van der Waals surface area contributed by atoms with Gasteiger partial charge in [-0.1, -0.05) is 41.4 Å². The molecule has 0 unspecified atom stereocenters. The van der Waals surface area contributed by atoms with E-state index in [1.165, 1.54) is 0 Å². The molecular weight excluding hydrogens is 300 g/mol. The normalized spacial score (nSPS) is 14.6. The average molecular weight is 317 g/mol. The molecule has 2 N–H and O–H groups in total. The fraction of sp³-hybridized carbons (Fsp3) is 0.235. The minimum Gasteiger partial charge on any atom is -0.474 e. The highest BCUT2D eigenvalue weighted by molar-refractivity contribution is 6.31. The predicted octanol–water partition coefficient (Wildman–Crippen LogP) is 3.53. The smallest absolute Gasteiger partial charge is 0.220 e. The van der Waals surface area contributed by atoms with Crippen LogP contribution >= 0.6 is 11.6 Å². The van der Waals surface area contributed by atoms with E-state index in [1.54, 1.807) is 6.07 Å². The number of rotatable bonds is 3. The van der Waals surface area contributed by atoms with Gasteiger partial charge in [0.25, 0.3) is 0 Å². The van der Waals surface area contributed by atoms with E-state index in [0.717, 1.165) is 22.4 Å². The molecule has 0 aromatic heterocycles. The van der Waals surface area contributed by atoms with E-state index in [9.17, 15) is 5.11 Å². The van der Waals surface area contributed by atoms with Crippen molar-refractivity contribution in [3.05, 3.63) is 64.2 Å². The molecule has 0 aliphatic carbocycles. The Hall–Kier alpha value is -2.04. The molecule has 2 aromatic rings. The van der Waals surface area contributed by atoms with Crippen molar-refractivity contribution < 1.29 is 9.84 Å². The molecule has 0 saturated carbocycles. The number of aryl methyl sites for hydroxylation is 1. The molecule has 1 atom stereocenters. The monoisotopic (exact) mass is 316 g/mol. The summed E-state index contributed by atoms with van der Waals surface area (Å²) in [4.78, 5) is 4.31. The first-order valence-corrected chi connectivity index (χ1v) is 7.47. The highest BCUT2D eigenvalue weighted by Crippen LogP contribution is 2.25. The summed E-state index contributed by atoms with van der Waals surface area (Å²) in [7, 11) is 0. The van der Waals surface area contributed by atoms with Crippen molar-refractivity contribution in [1.29, 1.82) is 0 Å². The number of hydrogen-bond donors (Lipinski definition) is 2. The van der Waals surface area contributed by atoms with Gasteiger partial charge >= 0.3 is 0 Å². The molecule has 0 saturated heterocycles. The first-order chi connectivity index (χ1) is 10.6. The van der Waals surface area contributed by atoms with Crippen LogP contribution in [-0.4, -0.2) is 24.3 Å². The molecule has 1 heterocycles. The summed E-state index contributed by atoms with van der Waals surface area (Å²) in [6.07, 6.45) is -0.686. The number of fused-ring (bicyclic) bond motifs is 1. The number of anilines is 1. The van der Waals surface area contributed by atoms with Gasteiger partial charge in [0.1, 0.15) is 19.4 Å². The zero-order chi connectivity index (χ0) is 15.5. The molecule has 114 valence electrons. The zero-order valence-corrected chi connectivity index (χ0v) is 13.0. The van der Waals surface area contributed by atoms with Crippen molar-refractivity contribution in [1.82, 2.24) is 0 Å². The number of ether oxygens (including phenoxy) is 1. The first kappa shape index (κ1) is 14.9. The predicted molar refractivity (Wildman–Crippen MR) is 88.6 cm³/mol. The van der Waals surface area contributed by atoms with Crippen LogP contribution in [0.25, 0.3) is 0 Å². The minimum atomic E-state index is -0.686. The summed E-state index contributed by atoms with van der Waals surface area (Å²) in [5.74, 6) is 0.525. The third kappa shape index (κ3) is 3.24. The topological polar surface area (TPSA) is 53.9 Å². The zero-order valence-electron chi connectivity index (χ0n) is 12.2. The summed E-state index contributed by atoms with van der Waals surface area (Å²) < 4.78 is 5.71. The number of hydrogen-bond acceptors (Lipinski definition) is 4. The lowest BCUT2D eigenvalue weighted by Crippen LogP contribution is -2.20. The number of aliphatic imine (C=N–C) groups is 1. The molecule has 4 nitrogen and oxygen atoms in total. The van der Waals surface area contributed by atoms with Gasteiger partial charge in [-0.05, 0) is 30.7 Å². The Labute approximate surface area is 134 Å². The fourth-order valence-electron chi connectivity index (χ4n) is 2.30. The van der Waals surface area contributed by atoms with Crippen LogP contribution in [0.5, 0.6) is 0 Å². The van der Waals surface area contributed by atoms with Gasteiger partial charge in [0.05, 0.1) is 5.56 Å². The summed E-state index contributed by atoms with van der Waals surface area (Å²) in [6, 6.07) is 13.2. The number of nitrogens with zero attached hydrogens (tertiary/aromatic N) is 1. The van der Waals surface area contributed by atoms with Crippen molar-refractivity contribution in [2.24, 2.45) is 4.99 Å². The molecule has 2 aromatic carbocycles. The maximum absolute atomic E-state index is 10.2. The number of aliphatic hydroxyl groups is 1. The average Bonchev–Trinajstić information content (AvgIpc) is 2.52.